The van der Waals surface area contributed by atoms with Crippen LogP contribution >= 0.6 is 0 Å². The molecule has 114 valence electrons. The van der Waals surface area contributed by atoms with E-state index in [1.165, 1.54) is 0 Å². The van der Waals surface area contributed by atoms with Crippen molar-refractivity contribution in [2.75, 3.05) is 13.2 Å². The minimum Gasteiger partial charge on any atom is -0.387 e. The van der Waals surface area contributed by atoms with Crippen LogP contribution in [0.3, 0.4) is 0 Å². The van der Waals surface area contributed by atoms with E-state index >= 15 is 0 Å². The maximum Gasteiger partial charge on any atom is 0.0957 e. The molecule has 0 saturated carbocycles. The molecular weight excluding hydrogens is 274 g/mol. The third kappa shape index (κ3) is 5.64. The van der Waals surface area contributed by atoms with Gasteiger partial charge in [-0.2, -0.15) is 0 Å². The fraction of sp³-hybridized carbons (Fsp3) is 0.211. The van der Waals surface area contributed by atoms with Crippen LogP contribution in [0.5, 0.6) is 0 Å². The molecule has 1 N–H and O–H groups in total. The topological polar surface area (TPSA) is 42.4 Å². The van der Waals surface area contributed by atoms with E-state index in [9.17, 15) is 5.11 Å². The summed E-state index contributed by atoms with van der Waals surface area (Å²) in [6.07, 6.45) is 10.8. The molecule has 3 heteroatoms. The number of hydrogen-bond acceptors (Lipinski definition) is 3. The Bertz CT molecular complexity index is 603. The second kappa shape index (κ2) is 8.93. The van der Waals surface area contributed by atoms with E-state index in [0.717, 1.165) is 16.7 Å². The normalized spacial score (nSPS) is 13.0. The first-order chi connectivity index (χ1) is 10.8. The number of aliphatic hydroxyl groups excluding tert-OH is 1. The second-order valence-electron chi connectivity index (χ2n) is 4.87. The summed E-state index contributed by atoms with van der Waals surface area (Å²) in [6, 6.07) is 12.1. The van der Waals surface area contributed by atoms with Gasteiger partial charge in [-0.3, -0.25) is 4.98 Å². The number of pyridine rings is 1. The molecule has 1 aromatic heterocycles. The molecule has 0 radical (unpaired) electrons. The molecule has 1 unspecified atom stereocenters. The van der Waals surface area contributed by atoms with E-state index < -0.39 is 6.10 Å². The van der Waals surface area contributed by atoms with E-state index in [-0.39, 0.29) is 0 Å². The van der Waals surface area contributed by atoms with Crippen LogP contribution < -0.4 is 0 Å². The molecule has 0 aliphatic carbocycles. The molecule has 0 fully saturated rings. The number of benzene rings is 1. The van der Waals surface area contributed by atoms with Crippen LogP contribution in [0.4, 0.5) is 0 Å². The van der Waals surface area contributed by atoms with Crippen LogP contribution in [-0.4, -0.2) is 29.4 Å². The average molecular weight is 295 g/mol. The highest BCUT2D eigenvalue weighted by Gasteiger charge is 1.97. The molecule has 1 atom stereocenters. The van der Waals surface area contributed by atoms with Crippen molar-refractivity contribution in [1.29, 1.82) is 0 Å². The van der Waals surface area contributed by atoms with E-state index in [1.807, 2.05) is 61.7 Å². The molecule has 0 aliphatic heterocycles. The zero-order chi connectivity index (χ0) is 15.6. The molecule has 2 aromatic rings. The van der Waals surface area contributed by atoms with Crippen molar-refractivity contribution >= 4 is 18.2 Å². The number of rotatable bonds is 7. The smallest absolute Gasteiger partial charge is 0.0957 e. The summed E-state index contributed by atoms with van der Waals surface area (Å²) < 4.78 is 5.16. The van der Waals surface area contributed by atoms with Gasteiger partial charge in [0.2, 0.25) is 0 Å². The lowest BCUT2D eigenvalue weighted by Crippen LogP contribution is -2.11. The van der Waals surface area contributed by atoms with Gasteiger partial charge in [0.1, 0.15) is 0 Å². The number of ether oxygens (including phenoxy) is 1. The van der Waals surface area contributed by atoms with Crippen LogP contribution in [0, 0.1) is 0 Å². The highest BCUT2D eigenvalue weighted by molar-refractivity contribution is 5.69. The fourth-order valence-corrected chi connectivity index (χ4v) is 1.90. The number of aromatic nitrogens is 1. The summed E-state index contributed by atoms with van der Waals surface area (Å²) >= 11 is 0. The van der Waals surface area contributed by atoms with Gasteiger partial charge >= 0.3 is 0 Å². The summed E-state index contributed by atoms with van der Waals surface area (Å²) in [5, 5.41) is 9.68. The number of nitrogens with zero attached hydrogens (tertiary/aromatic N) is 1. The molecule has 0 spiro atoms. The van der Waals surface area contributed by atoms with Gasteiger partial charge in [-0.15, -0.1) is 0 Å². The van der Waals surface area contributed by atoms with Crippen LogP contribution in [0.25, 0.3) is 18.2 Å². The average Bonchev–Trinajstić information content (AvgIpc) is 2.58. The van der Waals surface area contributed by atoms with Crippen molar-refractivity contribution in [3.63, 3.8) is 0 Å². The standard InChI is InChI=1S/C19H21NO2/c1-2-22-15-19(21)12-11-17-7-5-16(6-8-17)9-10-18-4-3-13-20-14-18/h3-14,19,21H,2,15H2,1H3. The van der Waals surface area contributed by atoms with Crippen molar-refractivity contribution < 1.29 is 9.84 Å². The molecule has 0 saturated heterocycles. The van der Waals surface area contributed by atoms with Crippen LogP contribution in [0.15, 0.2) is 54.9 Å². The fourth-order valence-electron chi connectivity index (χ4n) is 1.90. The first kappa shape index (κ1) is 16.1. The summed E-state index contributed by atoms with van der Waals surface area (Å²) in [5.41, 5.74) is 3.25. The predicted molar refractivity (Wildman–Crippen MR) is 91.1 cm³/mol. The molecule has 1 heterocycles. The molecule has 3 nitrogen and oxygen atoms in total. The van der Waals surface area contributed by atoms with Crippen molar-refractivity contribution in [3.8, 4) is 0 Å². The highest BCUT2D eigenvalue weighted by Crippen LogP contribution is 2.10. The molecule has 0 bridgehead atoms. The number of aliphatic hydroxyl groups is 1. The van der Waals surface area contributed by atoms with Crippen molar-refractivity contribution in [3.05, 3.63) is 71.6 Å². The van der Waals surface area contributed by atoms with E-state index in [4.69, 9.17) is 4.74 Å². The Labute approximate surface area is 131 Å². The van der Waals surface area contributed by atoms with E-state index in [0.29, 0.717) is 13.2 Å². The largest absolute Gasteiger partial charge is 0.387 e. The molecule has 2 rings (SSSR count). The van der Waals surface area contributed by atoms with Gasteiger partial charge in [-0.1, -0.05) is 54.6 Å². The summed E-state index contributed by atoms with van der Waals surface area (Å²) in [5.74, 6) is 0. The van der Waals surface area contributed by atoms with Gasteiger partial charge in [0.05, 0.1) is 12.7 Å². The zero-order valence-electron chi connectivity index (χ0n) is 12.7. The van der Waals surface area contributed by atoms with Gasteiger partial charge in [0, 0.05) is 19.0 Å². The molecular formula is C19H21NO2. The summed E-state index contributed by atoms with van der Waals surface area (Å²) in [4.78, 5) is 4.08. The summed E-state index contributed by atoms with van der Waals surface area (Å²) in [7, 11) is 0. The maximum atomic E-state index is 9.68. The highest BCUT2D eigenvalue weighted by atomic mass is 16.5. The quantitative estimate of drug-likeness (QED) is 0.847. The second-order valence-corrected chi connectivity index (χ2v) is 4.87. The minimum absolute atomic E-state index is 0.332. The minimum atomic E-state index is -0.565. The molecule has 0 amide bonds. The van der Waals surface area contributed by atoms with Crippen molar-refractivity contribution in [2.45, 2.75) is 13.0 Å². The Morgan fingerprint density at radius 1 is 1.05 bits per heavy atom. The van der Waals surface area contributed by atoms with E-state index in [2.05, 4.69) is 11.1 Å². The Morgan fingerprint density at radius 3 is 2.36 bits per heavy atom. The van der Waals surface area contributed by atoms with Gasteiger partial charge in [-0.25, -0.2) is 0 Å². The Kier molecular flexibility index (Phi) is 6.55. The third-order valence-corrected chi connectivity index (χ3v) is 3.09. The molecule has 1 aromatic carbocycles. The van der Waals surface area contributed by atoms with Crippen molar-refractivity contribution in [1.82, 2.24) is 4.98 Å². The first-order valence-electron chi connectivity index (χ1n) is 7.40. The van der Waals surface area contributed by atoms with Gasteiger partial charge in [0.15, 0.2) is 0 Å². The zero-order valence-corrected chi connectivity index (χ0v) is 12.7. The van der Waals surface area contributed by atoms with Crippen LogP contribution in [-0.2, 0) is 4.74 Å². The number of hydrogen-bond donors (Lipinski definition) is 1. The lowest BCUT2D eigenvalue weighted by molar-refractivity contribution is 0.0672. The first-order valence-corrected chi connectivity index (χ1v) is 7.40. The third-order valence-electron chi connectivity index (χ3n) is 3.09. The monoisotopic (exact) mass is 295 g/mol. The SMILES string of the molecule is CCOCC(O)C=Cc1ccc(C=Cc2cccnc2)cc1. The lowest BCUT2D eigenvalue weighted by atomic mass is 10.1. The van der Waals surface area contributed by atoms with Crippen LogP contribution in [0.1, 0.15) is 23.6 Å². The predicted octanol–water partition coefficient (Wildman–Crippen LogP) is 3.66. The van der Waals surface area contributed by atoms with Crippen molar-refractivity contribution in [2.24, 2.45) is 0 Å². The van der Waals surface area contributed by atoms with Gasteiger partial charge in [-0.05, 0) is 29.7 Å². The Hall–Kier alpha value is -2.23. The Balaban J connectivity index is 1.93. The van der Waals surface area contributed by atoms with E-state index in [1.54, 1.807) is 12.3 Å². The molecule has 22 heavy (non-hydrogen) atoms. The van der Waals surface area contributed by atoms with Gasteiger partial charge < -0.3 is 9.84 Å². The maximum absolute atomic E-state index is 9.68. The molecule has 0 aliphatic rings. The summed E-state index contributed by atoms with van der Waals surface area (Å²) in [6.45, 7) is 2.86. The van der Waals surface area contributed by atoms with Crippen LogP contribution in [0.2, 0.25) is 0 Å². The lowest BCUT2D eigenvalue weighted by Gasteiger charge is -2.04. The van der Waals surface area contributed by atoms with Gasteiger partial charge in [0.25, 0.3) is 0 Å². The Morgan fingerprint density at radius 2 is 1.73 bits per heavy atom.